The number of nitrogens with one attached hydrogen (secondary N) is 2. The zero-order chi connectivity index (χ0) is 18.9. The Morgan fingerprint density at radius 1 is 1.00 bits per heavy atom. The number of hydrogen-bond acceptors (Lipinski definition) is 4. The van der Waals surface area contributed by atoms with Crippen LogP contribution in [0.1, 0.15) is 11.3 Å². The van der Waals surface area contributed by atoms with E-state index in [4.69, 9.17) is 0 Å². The van der Waals surface area contributed by atoms with Crippen LogP contribution in [0.15, 0.2) is 67.0 Å². The van der Waals surface area contributed by atoms with Gasteiger partial charge in [-0.3, -0.25) is 4.72 Å². The van der Waals surface area contributed by atoms with Crippen molar-refractivity contribution in [2.75, 3.05) is 11.0 Å². The second kappa shape index (κ2) is 6.85. The van der Waals surface area contributed by atoms with Crippen LogP contribution in [0, 0.1) is 0 Å². The molecule has 0 saturated heterocycles. The van der Waals surface area contributed by atoms with Crippen LogP contribution in [0.5, 0.6) is 0 Å². The van der Waals surface area contributed by atoms with E-state index in [1.54, 1.807) is 18.5 Å². The predicted molar refractivity (Wildman–Crippen MR) is 107 cm³/mol. The van der Waals surface area contributed by atoms with Gasteiger partial charge >= 0.3 is 0 Å². The molecule has 2 N–H and O–H groups in total. The molecule has 0 radical (unpaired) electrons. The first-order valence-electron chi connectivity index (χ1n) is 8.43. The van der Waals surface area contributed by atoms with Gasteiger partial charge in [0.2, 0.25) is 10.0 Å². The van der Waals surface area contributed by atoms with E-state index in [1.165, 1.54) is 5.56 Å². The lowest BCUT2D eigenvalue weighted by Crippen LogP contribution is -2.09. The van der Waals surface area contributed by atoms with Crippen molar-refractivity contribution in [3.63, 3.8) is 0 Å². The van der Waals surface area contributed by atoms with Crippen LogP contribution in [0.3, 0.4) is 0 Å². The molecule has 6 nitrogen and oxygen atoms in total. The summed E-state index contributed by atoms with van der Waals surface area (Å²) in [6.45, 7) is 0. The average Bonchev–Trinajstić information content (AvgIpc) is 3.07. The molecule has 0 fully saturated rings. The van der Waals surface area contributed by atoms with Crippen molar-refractivity contribution in [2.45, 2.75) is 6.42 Å². The molecule has 0 saturated carbocycles. The molecule has 0 aliphatic rings. The summed E-state index contributed by atoms with van der Waals surface area (Å²) < 4.78 is 25.1. The summed E-state index contributed by atoms with van der Waals surface area (Å²) in [6, 6.07) is 19.4. The van der Waals surface area contributed by atoms with Crippen LogP contribution in [-0.4, -0.2) is 29.6 Å². The first-order valence-corrected chi connectivity index (χ1v) is 10.3. The van der Waals surface area contributed by atoms with Gasteiger partial charge in [0.15, 0.2) is 0 Å². The Hall–Kier alpha value is -3.19. The van der Waals surface area contributed by atoms with Crippen molar-refractivity contribution in [3.05, 3.63) is 78.2 Å². The van der Waals surface area contributed by atoms with E-state index < -0.39 is 10.0 Å². The second-order valence-electron chi connectivity index (χ2n) is 6.38. The van der Waals surface area contributed by atoms with E-state index in [0.29, 0.717) is 5.69 Å². The minimum atomic E-state index is -3.29. The first-order chi connectivity index (χ1) is 13.0. The largest absolute Gasteiger partial charge is 0.339 e. The lowest BCUT2D eigenvalue weighted by atomic mass is 10.1. The van der Waals surface area contributed by atoms with E-state index in [1.807, 2.05) is 36.4 Å². The van der Waals surface area contributed by atoms with Crippen LogP contribution in [0.2, 0.25) is 0 Å². The van der Waals surface area contributed by atoms with Gasteiger partial charge in [0.25, 0.3) is 0 Å². The molecule has 2 heterocycles. The summed E-state index contributed by atoms with van der Waals surface area (Å²) in [5.41, 5.74) is 5.31. The molecule has 0 aliphatic heterocycles. The Morgan fingerprint density at radius 3 is 2.44 bits per heavy atom. The number of nitrogens with zero attached hydrogens (tertiary/aromatic N) is 2. The highest BCUT2D eigenvalue weighted by Crippen LogP contribution is 2.26. The SMILES string of the molecule is CS(=O)(=O)Nc1ccc(-c2cc3c(Cc4ccccc4)ncnc3[nH]2)cc1. The fourth-order valence-corrected chi connectivity index (χ4v) is 3.57. The molecule has 0 atom stereocenters. The highest BCUT2D eigenvalue weighted by atomic mass is 32.2. The van der Waals surface area contributed by atoms with E-state index in [-0.39, 0.29) is 0 Å². The highest BCUT2D eigenvalue weighted by Gasteiger charge is 2.10. The zero-order valence-electron chi connectivity index (χ0n) is 14.7. The standard InChI is InChI=1S/C20H18N4O2S/c1-27(25,26)24-16-9-7-15(8-10-16)18-12-17-19(21-13-22-20(17)23-18)11-14-5-3-2-4-6-14/h2-10,12-13,24H,11H2,1H3,(H,21,22,23). The number of aromatic amines is 1. The van der Waals surface area contributed by atoms with Crippen LogP contribution in [0.4, 0.5) is 5.69 Å². The topological polar surface area (TPSA) is 87.7 Å². The van der Waals surface area contributed by atoms with Crippen molar-refractivity contribution in [3.8, 4) is 11.3 Å². The van der Waals surface area contributed by atoms with Crippen molar-refractivity contribution < 1.29 is 8.42 Å². The molecule has 0 amide bonds. The van der Waals surface area contributed by atoms with Gasteiger partial charge in [-0.1, -0.05) is 42.5 Å². The number of anilines is 1. The predicted octanol–water partition coefficient (Wildman–Crippen LogP) is 3.59. The lowest BCUT2D eigenvalue weighted by Gasteiger charge is -2.04. The Morgan fingerprint density at radius 2 is 1.74 bits per heavy atom. The molecule has 2 aromatic carbocycles. The van der Waals surface area contributed by atoms with Gasteiger partial charge in [0.1, 0.15) is 12.0 Å². The van der Waals surface area contributed by atoms with Gasteiger partial charge in [-0.15, -0.1) is 0 Å². The lowest BCUT2D eigenvalue weighted by molar-refractivity contribution is 0.607. The molecule has 0 aliphatic carbocycles. The number of H-pyrrole nitrogens is 1. The molecule has 136 valence electrons. The Balaban J connectivity index is 1.66. The third-order valence-corrected chi connectivity index (χ3v) is 4.83. The monoisotopic (exact) mass is 378 g/mol. The van der Waals surface area contributed by atoms with Crippen molar-refractivity contribution in [1.82, 2.24) is 15.0 Å². The van der Waals surface area contributed by atoms with E-state index in [9.17, 15) is 8.42 Å². The Kier molecular flexibility index (Phi) is 4.37. The molecule has 0 unspecified atom stereocenters. The first kappa shape index (κ1) is 17.2. The molecular weight excluding hydrogens is 360 g/mol. The van der Waals surface area contributed by atoms with Gasteiger partial charge in [-0.05, 0) is 29.3 Å². The van der Waals surface area contributed by atoms with Crippen LogP contribution < -0.4 is 4.72 Å². The molecular formula is C20H18N4O2S. The number of rotatable bonds is 5. The smallest absolute Gasteiger partial charge is 0.229 e. The maximum absolute atomic E-state index is 11.3. The number of sulfonamides is 1. The third kappa shape index (κ3) is 3.98. The van der Waals surface area contributed by atoms with E-state index in [2.05, 4.69) is 31.8 Å². The molecule has 4 aromatic rings. The second-order valence-corrected chi connectivity index (χ2v) is 8.13. The normalized spacial score (nSPS) is 11.6. The number of aromatic nitrogens is 3. The summed E-state index contributed by atoms with van der Waals surface area (Å²) >= 11 is 0. The number of hydrogen-bond donors (Lipinski definition) is 2. The maximum Gasteiger partial charge on any atom is 0.229 e. The van der Waals surface area contributed by atoms with Crippen LogP contribution in [-0.2, 0) is 16.4 Å². The molecule has 0 bridgehead atoms. The van der Waals surface area contributed by atoms with E-state index >= 15 is 0 Å². The fraction of sp³-hybridized carbons (Fsp3) is 0.100. The van der Waals surface area contributed by atoms with Gasteiger partial charge in [-0.25, -0.2) is 18.4 Å². The van der Waals surface area contributed by atoms with Crippen molar-refractivity contribution in [1.29, 1.82) is 0 Å². The number of benzene rings is 2. The maximum atomic E-state index is 11.3. The summed E-state index contributed by atoms with van der Waals surface area (Å²) in [6.07, 6.45) is 3.43. The van der Waals surface area contributed by atoms with Gasteiger partial charge in [0, 0.05) is 23.2 Å². The quantitative estimate of drug-likeness (QED) is 0.555. The summed E-state index contributed by atoms with van der Waals surface area (Å²) in [4.78, 5) is 12.1. The van der Waals surface area contributed by atoms with Gasteiger partial charge in [0.05, 0.1) is 11.9 Å². The number of fused-ring (bicyclic) bond motifs is 1. The van der Waals surface area contributed by atoms with Crippen molar-refractivity contribution in [2.24, 2.45) is 0 Å². The van der Waals surface area contributed by atoms with E-state index in [0.717, 1.165) is 40.7 Å². The van der Waals surface area contributed by atoms with Crippen LogP contribution >= 0.6 is 0 Å². The molecule has 2 aromatic heterocycles. The highest BCUT2D eigenvalue weighted by molar-refractivity contribution is 7.92. The summed E-state index contributed by atoms with van der Waals surface area (Å²) in [5.74, 6) is 0. The van der Waals surface area contributed by atoms with Gasteiger partial charge in [-0.2, -0.15) is 0 Å². The fourth-order valence-electron chi connectivity index (χ4n) is 3.01. The molecule has 7 heteroatoms. The third-order valence-electron chi connectivity index (χ3n) is 4.22. The molecule has 27 heavy (non-hydrogen) atoms. The Bertz CT molecular complexity index is 1180. The minimum absolute atomic E-state index is 0.530. The molecule has 0 spiro atoms. The Labute approximate surface area is 157 Å². The summed E-state index contributed by atoms with van der Waals surface area (Å²) in [7, 11) is -3.29. The molecule has 4 rings (SSSR count). The van der Waals surface area contributed by atoms with Crippen molar-refractivity contribution >= 4 is 26.7 Å². The average molecular weight is 378 g/mol. The van der Waals surface area contributed by atoms with Crippen LogP contribution in [0.25, 0.3) is 22.3 Å². The summed E-state index contributed by atoms with van der Waals surface area (Å²) in [5, 5.41) is 0.981. The minimum Gasteiger partial charge on any atom is -0.339 e. The van der Waals surface area contributed by atoms with Gasteiger partial charge < -0.3 is 4.98 Å². The zero-order valence-corrected chi connectivity index (χ0v) is 15.5.